The van der Waals surface area contributed by atoms with Crippen LogP contribution in [0.25, 0.3) is 0 Å². The van der Waals surface area contributed by atoms with Crippen LogP contribution in [0.3, 0.4) is 0 Å². The Labute approximate surface area is 163 Å². The van der Waals surface area contributed by atoms with Crippen molar-refractivity contribution < 1.29 is 27.1 Å². The Kier molecular flexibility index (Phi) is 6.28. The number of sulfonamides is 1. The number of morpholine rings is 1. The molecule has 0 aliphatic carbocycles. The van der Waals surface area contributed by atoms with Crippen LogP contribution in [0.1, 0.15) is 17.3 Å². The maximum atomic E-state index is 13.1. The third-order valence-electron chi connectivity index (χ3n) is 4.20. The van der Waals surface area contributed by atoms with Gasteiger partial charge in [0, 0.05) is 24.3 Å². The minimum atomic E-state index is -3.82. The lowest BCUT2D eigenvalue weighted by atomic mass is 10.2. The second-order valence-corrected chi connectivity index (χ2v) is 7.98. The van der Waals surface area contributed by atoms with Crippen molar-refractivity contribution in [3.8, 4) is 5.75 Å². The summed E-state index contributed by atoms with van der Waals surface area (Å²) in [6, 6.07) is 9.51. The number of carbonyl (C=O) groups excluding carboxylic acids is 1. The van der Waals surface area contributed by atoms with E-state index in [2.05, 4.69) is 5.32 Å². The Hall–Kier alpha value is -2.49. The van der Waals surface area contributed by atoms with E-state index in [4.69, 9.17) is 9.47 Å². The van der Waals surface area contributed by atoms with Gasteiger partial charge in [0.2, 0.25) is 10.0 Å². The second kappa shape index (κ2) is 8.68. The molecule has 0 spiro atoms. The van der Waals surface area contributed by atoms with Crippen LogP contribution in [0, 0.1) is 5.82 Å². The maximum absolute atomic E-state index is 13.1. The van der Waals surface area contributed by atoms with E-state index in [9.17, 15) is 17.6 Å². The van der Waals surface area contributed by atoms with E-state index in [1.807, 2.05) is 0 Å². The highest BCUT2D eigenvalue weighted by atomic mass is 32.2. The third-order valence-corrected chi connectivity index (χ3v) is 6.12. The summed E-state index contributed by atoms with van der Waals surface area (Å²) in [5.74, 6) is -0.704. The zero-order chi connectivity index (χ0) is 20.1. The molecule has 1 saturated heterocycles. The molecule has 150 valence electrons. The second-order valence-electron chi connectivity index (χ2n) is 6.07. The number of nitrogens with one attached hydrogen (secondary N) is 1. The zero-order valence-corrected chi connectivity index (χ0v) is 16.2. The fourth-order valence-electron chi connectivity index (χ4n) is 2.79. The molecule has 28 heavy (non-hydrogen) atoms. The van der Waals surface area contributed by atoms with E-state index in [-0.39, 0.29) is 29.3 Å². The molecule has 1 amide bonds. The predicted molar refractivity (Wildman–Crippen MR) is 102 cm³/mol. The molecule has 3 rings (SSSR count). The highest BCUT2D eigenvalue weighted by Gasteiger charge is 2.29. The number of halogens is 1. The Morgan fingerprint density at radius 2 is 1.86 bits per heavy atom. The topological polar surface area (TPSA) is 84.9 Å². The number of amides is 1. The molecule has 0 atom stereocenters. The van der Waals surface area contributed by atoms with Crippen molar-refractivity contribution >= 4 is 21.6 Å². The Balaban J connectivity index is 1.90. The van der Waals surface area contributed by atoms with Gasteiger partial charge in [0.15, 0.2) is 0 Å². The molecule has 1 N–H and O–H groups in total. The first-order valence-electron chi connectivity index (χ1n) is 8.83. The van der Waals surface area contributed by atoms with Gasteiger partial charge in [0.1, 0.15) is 16.5 Å². The fraction of sp³-hybridized carbons (Fsp3) is 0.316. The van der Waals surface area contributed by atoms with Crippen molar-refractivity contribution in [2.75, 3.05) is 38.2 Å². The number of anilines is 1. The van der Waals surface area contributed by atoms with Crippen LogP contribution in [0.4, 0.5) is 10.1 Å². The number of nitrogens with zero attached hydrogens (tertiary/aromatic N) is 1. The van der Waals surface area contributed by atoms with Gasteiger partial charge >= 0.3 is 0 Å². The van der Waals surface area contributed by atoms with Crippen molar-refractivity contribution in [3.05, 3.63) is 53.8 Å². The van der Waals surface area contributed by atoms with Crippen LogP contribution in [0.5, 0.6) is 5.75 Å². The highest BCUT2D eigenvalue weighted by molar-refractivity contribution is 7.89. The van der Waals surface area contributed by atoms with E-state index in [0.29, 0.717) is 25.5 Å². The average molecular weight is 408 g/mol. The Morgan fingerprint density at radius 3 is 2.50 bits per heavy atom. The molecule has 0 bridgehead atoms. The van der Waals surface area contributed by atoms with Gasteiger partial charge in [-0.1, -0.05) is 0 Å². The Bertz CT molecular complexity index is 941. The zero-order valence-electron chi connectivity index (χ0n) is 15.4. The number of hydrogen-bond acceptors (Lipinski definition) is 5. The van der Waals surface area contributed by atoms with Gasteiger partial charge in [0.05, 0.1) is 19.8 Å². The van der Waals surface area contributed by atoms with Crippen LogP contribution in [0.15, 0.2) is 47.4 Å². The largest absolute Gasteiger partial charge is 0.492 e. The van der Waals surface area contributed by atoms with Crippen molar-refractivity contribution in [3.63, 3.8) is 0 Å². The normalized spacial score (nSPS) is 15.2. The average Bonchev–Trinajstić information content (AvgIpc) is 2.70. The summed E-state index contributed by atoms with van der Waals surface area (Å²) in [5.41, 5.74) is 0.553. The van der Waals surface area contributed by atoms with Gasteiger partial charge in [-0.05, 0) is 49.4 Å². The van der Waals surface area contributed by atoms with Crippen LogP contribution in [0.2, 0.25) is 0 Å². The number of rotatable bonds is 6. The maximum Gasteiger partial charge on any atom is 0.255 e. The lowest BCUT2D eigenvalue weighted by Gasteiger charge is -2.27. The summed E-state index contributed by atoms with van der Waals surface area (Å²) < 4.78 is 51.2. The molecule has 0 saturated carbocycles. The monoisotopic (exact) mass is 408 g/mol. The third kappa shape index (κ3) is 4.49. The van der Waals surface area contributed by atoms with Gasteiger partial charge in [-0.15, -0.1) is 0 Å². The minimum absolute atomic E-state index is 0.0202. The quantitative estimate of drug-likeness (QED) is 0.794. The van der Waals surface area contributed by atoms with E-state index in [0.717, 1.165) is 0 Å². The molecule has 1 aliphatic heterocycles. The molecule has 9 heteroatoms. The molecule has 1 heterocycles. The van der Waals surface area contributed by atoms with Crippen molar-refractivity contribution in [2.24, 2.45) is 0 Å². The summed E-state index contributed by atoms with van der Waals surface area (Å²) in [4.78, 5) is 12.3. The van der Waals surface area contributed by atoms with Crippen molar-refractivity contribution in [1.82, 2.24) is 4.31 Å². The van der Waals surface area contributed by atoms with Crippen molar-refractivity contribution in [1.29, 1.82) is 0 Å². The molecule has 0 radical (unpaired) electrons. The first-order valence-corrected chi connectivity index (χ1v) is 10.3. The molecule has 1 aliphatic rings. The van der Waals surface area contributed by atoms with Gasteiger partial charge in [-0.3, -0.25) is 4.79 Å². The number of hydrogen-bond donors (Lipinski definition) is 1. The molecular weight excluding hydrogens is 387 g/mol. The van der Waals surface area contributed by atoms with E-state index in [1.54, 1.807) is 13.0 Å². The molecule has 7 nitrogen and oxygen atoms in total. The predicted octanol–water partition coefficient (Wildman–Crippen LogP) is 2.50. The SMILES string of the molecule is CCOc1ccc(NC(=O)c2ccc(F)cc2)cc1S(=O)(=O)N1CCOCC1. The first-order chi connectivity index (χ1) is 13.4. The van der Waals surface area contributed by atoms with Gasteiger partial charge in [-0.2, -0.15) is 4.31 Å². The lowest BCUT2D eigenvalue weighted by molar-refractivity contribution is 0.0729. The van der Waals surface area contributed by atoms with Crippen LogP contribution in [-0.2, 0) is 14.8 Å². The highest BCUT2D eigenvalue weighted by Crippen LogP contribution is 2.30. The van der Waals surface area contributed by atoms with Crippen molar-refractivity contribution in [2.45, 2.75) is 11.8 Å². The summed E-state index contributed by atoms with van der Waals surface area (Å²) >= 11 is 0. The summed E-state index contributed by atoms with van der Waals surface area (Å²) in [6.45, 7) is 3.21. The van der Waals surface area contributed by atoms with E-state index >= 15 is 0 Å². The van der Waals surface area contributed by atoms with Crippen LogP contribution >= 0.6 is 0 Å². The number of benzene rings is 2. The summed E-state index contributed by atoms with van der Waals surface area (Å²) in [6.07, 6.45) is 0. The number of ether oxygens (including phenoxy) is 2. The van der Waals surface area contributed by atoms with E-state index < -0.39 is 21.7 Å². The van der Waals surface area contributed by atoms with Gasteiger partial charge in [0.25, 0.3) is 5.91 Å². The standard InChI is InChI=1S/C19H21FN2O5S/c1-2-27-17-8-7-16(21-19(23)14-3-5-15(20)6-4-14)13-18(17)28(24,25)22-9-11-26-12-10-22/h3-8,13H,2,9-12H2,1H3,(H,21,23). The number of carbonyl (C=O) groups is 1. The fourth-order valence-corrected chi connectivity index (χ4v) is 4.36. The first kappa shape index (κ1) is 20.2. The van der Waals surface area contributed by atoms with Crippen LogP contribution in [-0.4, -0.2) is 51.5 Å². The van der Waals surface area contributed by atoms with E-state index in [1.165, 1.54) is 40.7 Å². The van der Waals surface area contributed by atoms with Crippen LogP contribution < -0.4 is 10.1 Å². The lowest BCUT2D eigenvalue weighted by Crippen LogP contribution is -2.40. The van der Waals surface area contributed by atoms with Gasteiger partial charge in [-0.25, -0.2) is 12.8 Å². The molecule has 1 fully saturated rings. The van der Waals surface area contributed by atoms with Gasteiger partial charge < -0.3 is 14.8 Å². The molecular formula is C19H21FN2O5S. The molecule has 2 aromatic carbocycles. The summed E-state index contributed by atoms with van der Waals surface area (Å²) in [5, 5.41) is 2.64. The summed E-state index contributed by atoms with van der Waals surface area (Å²) in [7, 11) is -3.82. The molecule has 2 aromatic rings. The molecule has 0 unspecified atom stereocenters. The minimum Gasteiger partial charge on any atom is -0.492 e. The smallest absolute Gasteiger partial charge is 0.255 e. The Morgan fingerprint density at radius 1 is 1.18 bits per heavy atom. The molecule has 0 aromatic heterocycles.